The topological polar surface area (TPSA) is 111 Å². The number of hydrogen-bond donors (Lipinski definition) is 0. The van der Waals surface area contributed by atoms with E-state index in [-0.39, 0.29) is 32.7 Å². The number of hydrogen-bond acceptors (Lipinski definition) is 8. The second-order valence-corrected chi connectivity index (χ2v) is 25.5. The van der Waals surface area contributed by atoms with Crippen LogP contribution in [0.15, 0.2) is 219 Å². The number of carboxylic acids is 1. The average molecular weight is 1340 g/mol. The van der Waals surface area contributed by atoms with Gasteiger partial charge in [0, 0.05) is 12.8 Å². The van der Waals surface area contributed by atoms with Gasteiger partial charge in [0.1, 0.15) is 13.2 Å². The molecule has 0 rings (SSSR count). The Morgan fingerprint density at radius 1 is 0.309 bits per heavy atom. The van der Waals surface area contributed by atoms with Crippen LogP contribution in [0.1, 0.15) is 258 Å². The van der Waals surface area contributed by atoms with Crippen molar-refractivity contribution < 1.29 is 42.9 Å². The van der Waals surface area contributed by atoms with Crippen molar-refractivity contribution in [3.05, 3.63) is 219 Å². The highest BCUT2D eigenvalue weighted by Gasteiger charge is 2.22. The van der Waals surface area contributed by atoms with Crippen molar-refractivity contribution in [1.82, 2.24) is 0 Å². The SMILES string of the molecule is CC/C=C\C/C=C\C/C=C\C/C=C\C/C=C\C/C=C\C/C=C\C/C=C\C/C=C\CCCCCCCCCCCCCCCC(=O)OC(COC(=O)CCCCC/C=C\C/C=C\C/C=C\C/C=C\C/C=C\C/C=C\C/C=C\C/C=C\C/C=C\CC)COC(OCC[N+](C)(C)C)C(=O)[O-]. The van der Waals surface area contributed by atoms with E-state index in [1.807, 2.05) is 21.1 Å². The average Bonchev–Trinajstić information content (AvgIpc) is 3.27. The lowest BCUT2D eigenvalue weighted by Crippen LogP contribution is -2.44. The molecule has 0 saturated heterocycles. The molecule has 0 aliphatic rings. The maximum atomic E-state index is 13.0. The molecule has 0 radical (unpaired) electrons. The summed E-state index contributed by atoms with van der Waals surface area (Å²) in [6.45, 7) is 4.46. The molecule has 0 aromatic heterocycles. The Morgan fingerprint density at radius 3 is 0.835 bits per heavy atom. The number of nitrogens with zero attached hydrogens (tertiary/aromatic N) is 1. The van der Waals surface area contributed by atoms with Gasteiger partial charge >= 0.3 is 11.9 Å². The molecule has 2 atom stereocenters. The van der Waals surface area contributed by atoms with Crippen LogP contribution in [0.4, 0.5) is 0 Å². The van der Waals surface area contributed by atoms with Crippen LogP contribution < -0.4 is 5.11 Å². The van der Waals surface area contributed by atoms with Crippen LogP contribution in [0.2, 0.25) is 0 Å². The fraction of sp³-hybridized carbons (Fsp3) is 0.557. The number of carbonyl (C=O) groups excluding carboxylic acids is 3. The van der Waals surface area contributed by atoms with E-state index in [0.717, 1.165) is 154 Å². The van der Waals surface area contributed by atoms with Crippen LogP contribution in [-0.4, -0.2) is 82.3 Å². The lowest BCUT2D eigenvalue weighted by Gasteiger charge is -2.26. The quantitative estimate of drug-likeness (QED) is 0.0195. The van der Waals surface area contributed by atoms with Gasteiger partial charge in [-0.15, -0.1) is 0 Å². The van der Waals surface area contributed by atoms with Crippen LogP contribution in [0.3, 0.4) is 0 Å². The van der Waals surface area contributed by atoms with E-state index in [9.17, 15) is 19.5 Å². The van der Waals surface area contributed by atoms with Crippen LogP contribution in [0, 0.1) is 0 Å². The Balaban J connectivity index is 4.20. The number of ether oxygens (including phenoxy) is 4. The smallest absolute Gasteiger partial charge is 0.306 e. The molecule has 0 fully saturated rings. The molecule has 0 spiro atoms. The van der Waals surface area contributed by atoms with Crippen molar-refractivity contribution in [1.29, 1.82) is 0 Å². The minimum absolute atomic E-state index is 0.130. The normalized spacial score (nSPS) is 13.9. The third kappa shape index (κ3) is 76.8. The Hall–Kier alpha value is -6.39. The molecule has 0 aromatic rings. The Kier molecular flexibility index (Phi) is 70.4. The molecule has 97 heavy (non-hydrogen) atoms. The zero-order valence-electron chi connectivity index (χ0n) is 61.9. The first kappa shape index (κ1) is 90.6. The highest BCUT2D eigenvalue weighted by Crippen LogP contribution is 2.15. The molecule has 2 unspecified atom stereocenters. The molecule has 9 heteroatoms. The van der Waals surface area contributed by atoms with Gasteiger partial charge in [0.05, 0.1) is 40.3 Å². The van der Waals surface area contributed by atoms with Crippen molar-refractivity contribution in [2.24, 2.45) is 0 Å². The summed E-state index contributed by atoms with van der Waals surface area (Å²) in [5.74, 6) is -2.35. The van der Waals surface area contributed by atoms with Gasteiger partial charge in [0.2, 0.25) is 0 Å². The Bertz CT molecular complexity index is 2400. The Morgan fingerprint density at radius 2 is 0.557 bits per heavy atom. The predicted octanol–water partition coefficient (Wildman–Crippen LogP) is 23.1. The number of allylic oxidation sites excluding steroid dienone is 36. The number of esters is 2. The molecule has 0 aliphatic carbocycles. The fourth-order valence-electron chi connectivity index (χ4n) is 9.52. The van der Waals surface area contributed by atoms with Gasteiger partial charge in [-0.1, -0.05) is 310 Å². The molecule has 0 heterocycles. The largest absolute Gasteiger partial charge is 0.545 e. The molecule has 0 aromatic carbocycles. The van der Waals surface area contributed by atoms with Gasteiger partial charge in [-0.2, -0.15) is 0 Å². The third-order valence-corrected chi connectivity index (χ3v) is 15.2. The minimum Gasteiger partial charge on any atom is -0.545 e. The van der Waals surface area contributed by atoms with Crippen molar-refractivity contribution >= 4 is 17.9 Å². The molecular formula is C88H137NO8. The second kappa shape index (κ2) is 75.4. The maximum Gasteiger partial charge on any atom is 0.306 e. The number of rotatable bonds is 67. The van der Waals surface area contributed by atoms with E-state index in [4.69, 9.17) is 18.9 Å². The first-order valence-corrected chi connectivity index (χ1v) is 37.9. The number of carboxylic acid groups (broad SMARTS) is 1. The standard InChI is InChI=1S/C88H137NO8/c1-6-8-10-12-14-16-18-20-22-24-26-28-30-32-34-36-38-39-40-41-42-43-44-45-46-47-49-51-53-55-57-59-61-63-65-67-69-71-73-75-77-79-86(91)97-84(83-96-88(87(92)93)94-81-80-89(3,4)5)82-95-85(90)78-76-74-72-70-68-66-64-62-60-58-56-54-52-50-48-37-35-33-31-29-27-25-23-21-19-17-15-13-11-9-7-2/h8-11,14-17,20-23,26-29,32-35,38-39,41-42,44-45,47-50,54,56,60,62,66,68,84,88H,6-7,12-13,18-19,24-25,30-31,36-37,40,43,46,51-53,55,57-59,61,63-65,67,69-83H2,1-5H3/b10-8-,11-9-,16-14-,17-15-,22-20-,23-21-,28-26-,29-27-,34-32-,35-33-,39-38-,42-41-,45-44-,49-47-,50-48-,56-54-,62-60-,68-66-. The van der Waals surface area contributed by atoms with E-state index in [1.54, 1.807) is 0 Å². The van der Waals surface area contributed by atoms with E-state index in [1.165, 1.54) is 64.2 Å². The molecule has 9 nitrogen and oxygen atoms in total. The summed E-state index contributed by atoms with van der Waals surface area (Å²) < 4.78 is 22.8. The van der Waals surface area contributed by atoms with E-state index >= 15 is 0 Å². The summed E-state index contributed by atoms with van der Waals surface area (Å²) in [7, 11) is 5.91. The highest BCUT2D eigenvalue weighted by atomic mass is 16.7. The summed E-state index contributed by atoms with van der Waals surface area (Å²) in [5.41, 5.74) is 0. The van der Waals surface area contributed by atoms with Gasteiger partial charge in [-0.3, -0.25) is 9.59 Å². The first-order chi connectivity index (χ1) is 47.6. The minimum atomic E-state index is -1.64. The van der Waals surface area contributed by atoms with Gasteiger partial charge in [0.25, 0.3) is 0 Å². The van der Waals surface area contributed by atoms with Gasteiger partial charge in [-0.25, -0.2) is 0 Å². The molecule has 0 N–H and O–H groups in total. The number of likely N-dealkylation sites (N-methyl/N-ethyl adjacent to an activating group) is 1. The van der Waals surface area contributed by atoms with E-state index in [0.29, 0.717) is 23.9 Å². The number of carbonyl (C=O) groups is 3. The maximum absolute atomic E-state index is 13.0. The Labute approximate surface area is 594 Å². The van der Waals surface area contributed by atoms with Crippen LogP contribution in [0.25, 0.3) is 0 Å². The van der Waals surface area contributed by atoms with Crippen LogP contribution in [0.5, 0.6) is 0 Å². The summed E-state index contributed by atoms with van der Waals surface area (Å²) in [4.78, 5) is 37.6. The van der Waals surface area contributed by atoms with Crippen LogP contribution in [-0.2, 0) is 33.3 Å². The summed E-state index contributed by atoms with van der Waals surface area (Å²) >= 11 is 0. The second-order valence-electron chi connectivity index (χ2n) is 25.5. The third-order valence-electron chi connectivity index (χ3n) is 15.2. The summed E-state index contributed by atoms with van der Waals surface area (Å²) in [6, 6.07) is 0. The van der Waals surface area contributed by atoms with Gasteiger partial charge < -0.3 is 33.3 Å². The number of quaternary nitrogens is 1. The van der Waals surface area contributed by atoms with Crippen molar-refractivity contribution in [2.75, 3.05) is 47.5 Å². The van der Waals surface area contributed by atoms with Crippen molar-refractivity contribution in [3.8, 4) is 0 Å². The molecule has 0 amide bonds. The first-order valence-electron chi connectivity index (χ1n) is 37.9. The lowest BCUT2D eigenvalue weighted by atomic mass is 10.0. The van der Waals surface area contributed by atoms with E-state index < -0.39 is 30.3 Å². The van der Waals surface area contributed by atoms with Crippen molar-refractivity contribution in [3.63, 3.8) is 0 Å². The highest BCUT2D eigenvalue weighted by molar-refractivity contribution is 5.70. The van der Waals surface area contributed by atoms with Gasteiger partial charge in [-0.05, 0) is 154 Å². The van der Waals surface area contributed by atoms with E-state index in [2.05, 4.69) is 233 Å². The zero-order chi connectivity index (χ0) is 70.4. The zero-order valence-corrected chi connectivity index (χ0v) is 61.9. The molecular weight excluding hydrogens is 1200 g/mol. The molecule has 0 aliphatic heterocycles. The van der Waals surface area contributed by atoms with Crippen LogP contribution >= 0.6 is 0 Å². The lowest BCUT2D eigenvalue weighted by molar-refractivity contribution is -0.870. The fourth-order valence-corrected chi connectivity index (χ4v) is 9.52. The van der Waals surface area contributed by atoms with Gasteiger partial charge in [0.15, 0.2) is 12.4 Å². The van der Waals surface area contributed by atoms with Crippen molar-refractivity contribution in [2.45, 2.75) is 270 Å². The predicted molar refractivity (Wildman–Crippen MR) is 416 cm³/mol. The molecule has 0 saturated carbocycles. The molecule has 0 bridgehead atoms. The molecule has 542 valence electrons. The summed E-state index contributed by atoms with van der Waals surface area (Å²) in [6.07, 6.45) is 116. The number of aliphatic carboxylic acids is 1. The number of unbranched alkanes of at least 4 members (excludes halogenated alkanes) is 16. The summed E-state index contributed by atoms with van der Waals surface area (Å²) in [5, 5.41) is 11.8. The monoisotopic (exact) mass is 1340 g/mol.